The van der Waals surface area contributed by atoms with E-state index in [0.29, 0.717) is 22.5 Å². The van der Waals surface area contributed by atoms with Crippen molar-refractivity contribution in [2.45, 2.75) is 0 Å². The summed E-state index contributed by atoms with van der Waals surface area (Å²) in [5.74, 6) is 0.0898. The average Bonchev–Trinajstić information content (AvgIpc) is 2.55. The Labute approximate surface area is 131 Å². The van der Waals surface area contributed by atoms with Crippen molar-refractivity contribution in [3.63, 3.8) is 0 Å². The molecule has 0 aliphatic rings. The highest BCUT2D eigenvalue weighted by Gasteiger charge is 2.07. The molecule has 3 aromatic rings. The molecule has 0 amide bonds. The molecular weight excluding hydrogens is 296 g/mol. The van der Waals surface area contributed by atoms with Crippen molar-refractivity contribution in [2.75, 3.05) is 0 Å². The first-order valence-electron chi connectivity index (χ1n) is 6.83. The fourth-order valence-corrected chi connectivity index (χ4v) is 2.09. The van der Waals surface area contributed by atoms with Crippen molar-refractivity contribution in [3.05, 3.63) is 76.7 Å². The fourth-order valence-electron chi connectivity index (χ4n) is 2.09. The van der Waals surface area contributed by atoms with Crippen molar-refractivity contribution >= 4 is 23.0 Å². The van der Waals surface area contributed by atoms with E-state index in [1.807, 2.05) is 30.3 Å². The normalized spacial score (nSPS) is 11.0. The van der Waals surface area contributed by atoms with Crippen LogP contribution in [0.1, 0.15) is 5.56 Å². The third-order valence-corrected chi connectivity index (χ3v) is 3.16. The van der Waals surface area contributed by atoms with Gasteiger partial charge < -0.3 is 14.3 Å². The van der Waals surface area contributed by atoms with Gasteiger partial charge in [-0.15, -0.1) is 0 Å². The Hall–Kier alpha value is -3.34. The second kappa shape index (κ2) is 6.19. The maximum absolute atomic E-state index is 12.3. The lowest BCUT2D eigenvalue weighted by molar-refractivity contribution is -0.131. The van der Waals surface area contributed by atoms with Crippen LogP contribution in [0.5, 0.6) is 11.5 Å². The minimum atomic E-state index is -1.13. The molecular formula is C18H12O5. The lowest BCUT2D eigenvalue weighted by Crippen LogP contribution is -2.05. The number of aliphatic carboxylic acids is 1. The summed E-state index contributed by atoms with van der Waals surface area (Å²) in [5, 5.41) is 8.98. The quantitative estimate of drug-likeness (QED) is 0.744. The molecule has 0 spiro atoms. The van der Waals surface area contributed by atoms with Gasteiger partial charge in [0.2, 0.25) is 0 Å². The summed E-state index contributed by atoms with van der Waals surface area (Å²) in [5.41, 5.74) is 0.252. The van der Waals surface area contributed by atoms with Crippen LogP contribution in [0.4, 0.5) is 0 Å². The molecule has 5 heteroatoms. The summed E-state index contributed by atoms with van der Waals surface area (Å²) in [6, 6.07) is 14.1. The van der Waals surface area contributed by atoms with Gasteiger partial charge in [0.05, 0.1) is 10.9 Å². The standard InChI is InChI=1S/C18H12O5/c19-17(20)9-6-12-11-22-16-10-14(7-8-15(16)18(12)21)23-13-4-2-1-3-5-13/h1-11H,(H,19,20)/b9-6+. The Morgan fingerprint density at radius 2 is 1.87 bits per heavy atom. The molecule has 0 saturated carbocycles. The Morgan fingerprint density at radius 3 is 2.61 bits per heavy atom. The highest BCUT2D eigenvalue weighted by Crippen LogP contribution is 2.24. The molecule has 0 aliphatic heterocycles. The maximum atomic E-state index is 12.3. The SMILES string of the molecule is O=C(O)/C=C/c1coc2cc(Oc3ccccc3)ccc2c1=O. The number of benzene rings is 2. The van der Waals surface area contributed by atoms with Crippen molar-refractivity contribution in [1.29, 1.82) is 0 Å². The van der Waals surface area contributed by atoms with Gasteiger partial charge in [-0.1, -0.05) is 18.2 Å². The van der Waals surface area contributed by atoms with Gasteiger partial charge in [-0.25, -0.2) is 4.79 Å². The van der Waals surface area contributed by atoms with Crippen LogP contribution < -0.4 is 10.2 Å². The van der Waals surface area contributed by atoms with Crippen LogP contribution in [0.25, 0.3) is 17.0 Å². The van der Waals surface area contributed by atoms with Crippen LogP contribution in [0.2, 0.25) is 0 Å². The van der Waals surface area contributed by atoms with E-state index in [2.05, 4.69) is 0 Å². The molecule has 1 aromatic heterocycles. The topological polar surface area (TPSA) is 76.7 Å². The molecule has 0 unspecified atom stereocenters. The zero-order valence-corrected chi connectivity index (χ0v) is 11.9. The molecule has 1 N–H and O–H groups in total. The van der Waals surface area contributed by atoms with Crippen LogP contribution in [0.15, 0.2) is 70.1 Å². The average molecular weight is 308 g/mol. The van der Waals surface area contributed by atoms with Gasteiger partial charge in [-0.05, 0) is 30.3 Å². The number of carboxylic acid groups (broad SMARTS) is 1. The van der Waals surface area contributed by atoms with Crippen LogP contribution in [-0.2, 0) is 4.79 Å². The Balaban J connectivity index is 1.97. The van der Waals surface area contributed by atoms with Gasteiger partial charge in [0.25, 0.3) is 0 Å². The number of fused-ring (bicyclic) bond motifs is 1. The molecule has 0 fully saturated rings. The zero-order valence-electron chi connectivity index (χ0n) is 11.9. The second-order valence-corrected chi connectivity index (χ2v) is 4.76. The molecule has 2 aromatic carbocycles. The predicted molar refractivity (Wildman–Crippen MR) is 85.7 cm³/mol. The van der Waals surface area contributed by atoms with E-state index in [4.69, 9.17) is 14.3 Å². The van der Waals surface area contributed by atoms with E-state index in [9.17, 15) is 9.59 Å². The predicted octanol–water partition coefficient (Wildman–Crippen LogP) is 3.68. The van der Waals surface area contributed by atoms with Crippen molar-refractivity contribution in [3.8, 4) is 11.5 Å². The number of carboxylic acids is 1. The monoisotopic (exact) mass is 308 g/mol. The third-order valence-electron chi connectivity index (χ3n) is 3.16. The summed E-state index contributed by atoms with van der Waals surface area (Å²) in [6.07, 6.45) is 3.34. The first-order valence-corrected chi connectivity index (χ1v) is 6.83. The van der Waals surface area contributed by atoms with E-state index in [1.54, 1.807) is 18.2 Å². The highest BCUT2D eigenvalue weighted by atomic mass is 16.5. The molecule has 114 valence electrons. The third kappa shape index (κ3) is 3.29. The smallest absolute Gasteiger partial charge is 0.328 e. The lowest BCUT2D eigenvalue weighted by Gasteiger charge is -2.06. The summed E-state index contributed by atoms with van der Waals surface area (Å²) in [7, 11) is 0. The minimum absolute atomic E-state index is 0.177. The van der Waals surface area contributed by atoms with Gasteiger partial charge in [0, 0.05) is 12.1 Å². The number of ether oxygens (including phenoxy) is 1. The largest absolute Gasteiger partial charge is 0.478 e. The zero-order chi connectivity index (χ0) is 16.2. The van der Waals surface area contributed by atoms with Gasteiger partial charge in [-0.3, -0.25) is 4.79 Å². The fraction of sp³-hybridized carbons (Fsp3) is 0. The second-order valence-electron chi connectivity index (χ2n) is 4.76. The van der Waals surface area contributed by atoms with E-state index in [0.717, 1.165) is 6.08 Å². The summed E-state index contributed by atoms with van der Waals surface area (Å²) in [6.45, 7) is 0. The van der Waals surface area contributed by atoms with E-state index >= 15 is 0 Å². The summed E-state index contributed by atoms with van der Waals surface area (Å²) in [4.78, 5) is 22.8. The Morgan fingerprint density at radius 1 is 1.09 bits per heavy atom. The molecule has 0 aliphatic carbocycles. The first-order chi connectivity index (χ1) is 11.1. The van der Waals surface area contributed by atoms with Crippen LogP contribution in [0, 0.1) is 0 Å². The number of rotatable bonds is 4. The minimum Gasteiger partial charge on any atom is -0.478 e. The number of hydrogen-bond donors (Lipinski definition) is 1. The highest BCUT2D eigenvalue weighted by molar-refractivity contribution is 5.86. The summed E-state index contributed by atoms with van der Waals surface area (Å²) < 4.78 is 11.1. The first kappa shape index (κ1) is 14.6. The van der Waals surface area contributed by atoms with Crippen molar-refractivity contribution < 1.29 is 19.1 Å². The number of para-hydroxylation sites is 1. The summed E-state index contributed by atoms with van der Waals surface area (Å²) >= 11 is 0. The Bertz CT molecular complexity index is 939. The van der Waals surface area contributed by atoms with Crippen LogP contribution in [0.3, 0.4) is 0 Å². The van der Waals surface area contributed by atoms with Gasteiger partial charge in [0.1, 0.15) is 23.3 Å². The van der Waals surface area contributed by atoms with Gasteiger partial charge >= 0.3 is 5.97 Å². The van der Waals surface area contributed by atoms with E-state index in [-0.39, 0.29) is 11.0 Å². The molecule has 0 atom stereocenters. The lowest BCUT2D eigenvalue weighted by atomic mass is 10.1. The molecule has 3 rings (SSSR count). The molecule has 0 radical (unpaired) electrons. The molecule has 5 nitrogen and oxygen atoms in total. The van der Waals surface area contributed by atoms with E-state index in [1.165, 1.54) is 12.3 Å². The maximum Gasteiger partial charge on any atom is 0.328 e. The van der Waals surface area contributed by atoms with Crippen molar-refractivity contribution in [1.82, 2.24) is 0 Å². The van der Waals surface area contributed by atoms with Gasteiger partial charge in [-0.2, -0.15) is 0 Å². The number of carbonyl (C=O) groups is 1. The molecule has 1 heterocycles. The molecule has 0 bridgehead atoms. The van der Waals surface area contributed by atoms with Crippen LogP contribution >= 0.6 is 0 Å². The number of hydrogen-bond acceptors (Lipinski definition) is 4. The van der Waals surface area contributed by atoms with Crippen LogP contribution in [-0.4, -0.2) is 11.1 Å². The van der Waals surface area contributed by atoms with Crippen molar-refractivity contribution in [2.24, 2.45) is 0 Å². The van der Waals surface area contributed by atoms with E-state index < -0.39 is 5.97 Å². The molecule has 23 heavy (non-hydrogen) atoms. The Kier molecular flexibility index (Phi) is 3.93. The molecule has 0 saturated heterocycles. The van der Waals surface area contributed by atoms with Gasteiger partial charge in [0.15, 0.2) is 5.43 Å².